The predicted octanol–water partition coefficient (Wildman–Crippen LogP) is 3.09. The van der Waals surface area contributed by atoms with Crippen molar-refractivity contribution in [1.29, 1.82) is 0 Å². The molecule has 0 saturated heterocycles. The van der Waals surface area contributed by atoms with Crippen LogP contribution in [0.1, 0.15) is 17.0 Å². The monoisotopic (exact) mass is 349 g/mol. The van der Waals surface area contributed by atoms with Crippen LogP contribution in [-0.4, -0.2) is 15.6 Å². The van der Waals surface area contributed by atoms with Gasteiger partial charge >= 0.3 is 0 Å². The van der Waals surface area contributed by atoms with E-state index in [1.165, 1.54) is 23.9 Å². The maximum absolute atomic E-state index is 12.0. The Kier molecular flexibility index (Phi) is 5.35. The Morgan fingerprint density at radius 1 is 1.08 bits per heavy atom. The van der Waals surface area contributed by atoms with Crippen LogP contribution in [0.15, 0.2) is 35.2 Å². The van der Waals surface area contributed by atoms with Gasteiger partial charge in [0, 0.05) is 37.3 Å². The van der Waals surface area contributed by atoms with E-state index < -0.39 is 9.85 Å². The van der Waals surface area contributed by atoms with Crippen LogP contribution in [0, 0.1) is 39.3 Å². The lowest BCUT2D eigenvalue weighted by atomic mass is 10.2. The first-order chi connectivity index (χ1) is 11.3. The lowest BCUT2D eigenvalue weighted by Gasteiger charge is -2.08. The number of nitro groups is 2. The first kappa shape index (κ1) is 17.7. The van der Waals surface area contributed by atoms with E-state index in [1.807, 2.05) is 6.92 Å². The maximum Gasteiger partial charge on any atom is 0.289 e. The van der Waals surface area contributed by atoms with Crippen molar-refractivity contribution in [3.8, 4) is 0 Å². The molecule has 0 atom stereocenters. The minimum absolute atomic E-state index is 0.301. The fraction of sp³-hybridized carbons (Fsp3) is 0.267. The predicted molar refractivity (Wildman–Crippen MR) is 89.1 cm³/mol. The quantitative estimate of drug-likeness (QED) is 0.260. The summed E-state index contributed by atoms with van der Waals surface area (Å²) in [5.41, 5.74) is 1.53. The SMILES string of the molecule is Cc1cc(C)[n+]([O-])c(CCSc2ccc([N+](=O)[O-])cc2[N+](=O)[O-])c1. The molecule has 9 heteroatoms. The van der Waals surface area contributed by atoms with E-state index in [4.69, 9.17) is 0 Å². The largest absolute Gasteiger partial charge is 0.618 e. The van der Waals surface area contributed by atoms with Crippen LogP contribution in [-0.2, 0) is 6.42 Å². The molecule has 126 valence electrons. The molecular formula is C15H15N3O5S. The highest BCUT2D eigenvalue weighted by molar-refractivity contribution is 7.99. The highest BCUT2D eigenvalue weighted by Gasteiger charge is 2.20. The molecule has 2 rings (SSSR count). The van der Waals surface area contributed by atoms with E-state index in [2.05, 4.69) is 0 Å². The first-order valence-electron chi connectivity index (χ1n) is 7.05. The summed E-state index contributed by atoms with van der Waals surface area (Å²) in [5.74, 6) is 0.448. The van der Waals surface area contributed by atoms with Gasteiger partial charge in [0.15, 0.2) is 11.4 Å². The summed E-state index contributed by atoms with van der Waals surface area (Å²) in [6, 6.07) is 7.12. The van der Waals surface area contributed by atoms with Crippen LogP contribution in [0.2, 0.25) is 0 Å². The summed E-state index contributed by atoms with van der Waals surface area (Å²) >= 11 is 1.19. The zero-order valence-corrected chi connectivity index (χ0v) is 13.9. The molecular weight excluding hydrogens is 334 g/mol. The number of hydrogen-bond acceptors (Lipinski definition) is 6. The molecule has 0 aliphatic heterocycles. The van der Waals surface area contributed by atoms with Crippen LogP contribution in [0.3, 0.4) is 0 Å². The van der Waals surface area contributed by atoms with Gasteiger partial charge in [0.2, 0.25) is 0 Å². The molecule has 0 radical (unpaired) electrons. The molecule has 0 aliphatic rings. The molecule has 0 spiro atoms. The highest BCUT2D eigenvalue weighted by Crippen LogP contribution is 2.32. The van der Waals surface area contributed by atoms with E-state index in [1.54, 1.807) is 19.1 Å². The first-order valence-corrected chi connectivity index (χ1v) is 8.03. The molecule has 1 heterocycles. The number of thioether (sulfide) groups is 1. The number of rotatable bonds is 6. The van der Waals surface area contributed by atoms with Gasteiger partial charge in [0.1, 0.15) is 0 Å². The number of nitrogens with zero attached hydrogens (tertiary/aromatic N) is 3. The number of pyridine rings is 1. The topological polar surface area (TPSA) is 113 Å². The van der Waals surface area contributed by atoms with Crippen LogP contribution in [0.5, 0.6) is 0 Å². The van der Waals surface area contributed by atoms with E-state index >= 15 is 0 Å². The number of nitro benzene ring substituents is 2. The summed E-state index contributed by atoms with van der Waals surface area (Å²) in [6.07, 6.45) is 0.435. The van der Waals surface area contributed by atoms with Crippen molar-refractivity contribution in [3.05, 3.63) is 72.7 Å². The van der Waals surface area contributed by atoms with E-state index in [0.717, 1.165) is 16.4 Å². The molecule has 0 unspecified atom stereocenters. The molecule has 1 aromatic carbocycles. The molecule has 0 fully saturated rings. The van der Waals surface area contributed by atoms with Crippen molar-refractivity contribution in [1.82, 2.24) is 0 Å². The van der Waals surface area contributed by atoms with Gasteiger partial charge in [-0.25, -0.2) is 0 Å². The summed E-state index contributed by atoms with van der Waals surface area (Å²) in [6.45, 7) is 3.61. The fourth-order valence-corrected chi connectivity index (χ4v) is 3.28. The molecule has 1 aromatic heterocycles. The average molecular weight is 349 g/mol. The molecule has 0 saturated carbocycles. The number of aromatic nitrogens is 1. The zero-order valence-electron chi connectivity index (χ0n) is 13.1. The van der Waals surface area contributed by atoms with Crippen LogP contribution in [0.4, 0.5) is 11.4 Å². The van der Waals surface area contributed by atoms with Crippen LogP contribution >= 0.6 is 11.8 Å². The van der Waals surface area contributed by atoms with Crippen molar-refractivity contribution in [2.45, 2.75) is 25.2 Å². The summed E-state index contributed by atoms with van der Waals surface area (Å²) < 4.78 is 0.845. The highest BCUT2D eigenvalue weighted by atomic mass is 32.2. The Morgan fingerprint density at radius 3 is 2.42 bits per heavy atom. The number of benzene rings is 1. The van der Waals surface area contributed by atoms with E-state index in [-0.39, 0.29) is 11.4 Å². The summed E-state index contributed by atoms with van der Waals surface area (Å²) in [7, 11) is 0. The minimum Gasteiger partial charge on any atom is -0.618 e. The third kappa shape index (κ3) is 3.99. The second-order valence-corrected chi connectivity index (χ2v) is 6.36. The second kappa shape index (κ2) is 7.26. The maximum atomic E-state index is 12.0. The van der Waals surface area contributed by atoms with Gasteiger partial charge in [0.25, 0.3) is 11.4 Å². The normalized spacial score (nSPS) is 10.6. The fourth-order valence-electron chi connectivity index (χ4n) is 2.30. The van der Waals surface area contributed by atoms with Crippen molar-refractivity contribution in [2.75, 3.05) is 5.75 Å². The van der Waals surface area contributed by atoms with Gasteiger partial charge in [-0.15, -0.1) is 11.8 Å². The van der Waals surface area contributed by atoms with Crippen molar-refractivity contribution in [2.24, 2.45) is 0 Å². The van der Waals surface area contributed by atoms with Crippen LogP contribution in [0.25, 0.3) is 0 Å². The smallest absolute Gasteiger partial charge is 0.289 e. The number of aryl methyl sites for hydroxylation is 3. The van der Waals surface area contributed by atoms with Crippen molar-refractivity contribution in [3.63, 3.8) is 0 Å². The second-order valence-electron chi connectivity index (χ2n) is 5.22. The average Bonchev–Trinajstić information content (AvgIpc) is 2.51. The summed E-state index contributed by atoms with van der Waals surface area (Å²) in [5, 5.41) is 33.8. The van der Waals surface area contributed by atoms with Gasteiger partial charge in [-0.05, 0) is 18.6 Å². The van der Waals surface area contributed by atoms with Gasteiger partial charge < -0.3 is 5.21 Å². The van der Waals surface area contributed by atoms with Crippen molar-refractivity contribution >= 4 is 23.1 Å². The molecule has 2 aromatic rings. The third-order valence-electron chi connectivity index (χ3n) is 3.38. The molecule has 0 bridgehead atoms. The number of non-ortho nitro benzene ring substituents is 1. The third-order valence-corrected chi connectivity index (χ3v) is 4.44. The summed E-state index contributed by atoms with van der Waals surface area (Å²) in [4.78, 5) is 20.8. The Balaban J connectivity index is 2.15. The molecule has 0 amide bonds. The Morgan fingerprint density at radius 2 is 1.79 bits per heavy atom. The van der Waals surface area contributed by atoms with Gasteiger partial charge in [0.05, 0.1) is 20.8 Å². The number of hydrogen-bond donors (Lipinski definition) is 0. The molecule has 24 heavy (non-hydrogen) atoms. The molecule has 8 nitrogen and oxygen atoms in total. The lowest BCUT2D eigenvalue weighted by molar-refractivity contribution is -0.620. The Labute approximate surface area is 142 Å². The minimum atomic E-state index is -0.669. The van der Waals surface area contributed by atoms with Gasteiger partial charge in [-0.3, -0.25) is 20.2 Å². The van der Waals surface area contributed by atoms with Crippen molar-refractivity contribution < 1.29 is 14.6 Å². The zero-order chi connectivity index (χ0) is 17.9. The van der Waals surface area contributed by atoms with E-state index in [9.17, 15) is 25.4 Å². The van der Waals surface area contributed by atoms with Gasteiger partial charge in [-0.2, -0.15) is 4.73 Å². The Hall–Kier alpha value is -2.68. The standard InChI is InChI=1S/C15H15N3O5S/c1-10-7-11(2)16(19)12(8-10)5-6-24-15-4-3-13(17(20)21)9-14(15)18(22)23/h3-4,7-9H,5-6H2,1-2H3. The molecule has 0 N–H and O–H groups in total. The van der Waals surface area contributed by atoms with Crippen LogP contribution < -0.4 is 4.73 Å². The molecule has 0 aliphatic carbocycles. The van der Waals surface area contributed by atoms with Gasteiger partial charge in [-0.1, -0.05) is 0 Å². The lowest BCUT2D eigenvalue weighted by Crippen LogP contribution is -2.35. The van der Waals surface area contributed by atoms with E-state index in [0.29, 0.717) is 28.5 Å². The Bertz CT molecular complexity index is 810.